The van der Waals surface area contributed by atoms with Crippen molar-refractivity contribution in [3.63, 3.8) is 0 Å². The highest BCUT2D eigenvalue weighted by Gasteiger charge is 2.06. The molecule has 0 spiro atoms. The highest BCUT2D eigenvalue weighted by Crippen LogP contribution is 2.16. The standard InChI is InChI=1S/C12H12N2O3S/c1-17-10-4-2-3-9(7-10)13-11(15)8-14-5-6-18-12(14)16/h2-7H,8H2,1H3,(H,13,15). The third-order valence-corrected chi connectivity index (χ3v) is 3.01. The molecule has 0 aliphatic carbocycles. The summed E-state index contributed by atoms with van der Waals surface area (Å²) in [6, 6.07) is 7.05. The number of anilines is 1. The van der Waals surface area contributed by atoms with Crippen molar-refractivity contribution in [2.45, 2.75) is 6.54 Å². The van der Waals surface area contributed by atoms with Crippen LogP contribution in [0.15, 0.2) is 40.6 Å². The van der Waals surface area contributed by atoms with Gasteiger partial charge in [0.2, 0.25) is 5.91 Å². The van der Waals surface area contributed by atoms with Crippen molar-refractivity contribution in [3.8, 4) is 5.75 Å². The predicted molar refractivity (Wildman–Crippen MR) is 70.2 cm³/mol. The predicted octanol–water partition coefficient (Wildman–Crippen LogP) is 1.56. The summed E-state index contributed by atoms with van der Waals surface area (Å²) in [7, 11) is 1.56. The van der Waals surface area contributed by atoms with E-state index in [4.69, 9.17) is 4.74 Å². The molecule has 0 saturated carbocycles. The number of hydrogen-bond acceptors (Lipinski definition) is 4. The van der Waals surface area contributed by atoms with Crippen LogP contribution in [0, 0.1) is 0 Å². The Morgan fingerprint density at radius 1 is 1.50 bits per heavy atom. The Morgan fingerprint density at radius 2 is 2.33 bits per heavy atom. The van der Waals surface area contributed by atoms with Crippen LogP contribution in [0.5, 0.6) is 5.75 Å². The van der Waals surface area contributed by atoms with Crippen LogP contribution in [0.3, 0.4) is 0 Å². The Hall–Kier alpha value is -2.08. The summed E-state index contributed by atoms with van der Waals surface area (Å²) in [4.78, 5) is 22.9. The van der Waals surface area contributed by atoms with Crippen LogP contribution in [-0.2, 0) is 11.3 Å². The molecule has 0 bridgehead atoms. The SMILES string of the molecule is COc1cccc(NC(=O)Cn2ccsc2=O)c1. The second-order valence-corrected chi connectivity index (χ2v) is 4.43. The van der Waals surface area contributed by atoms with Crippen molar-refractivity contribution >= 4 is 22.9 Å². The van der Waals surface area contributed by atoms with Crippen LogP contribution >= 0.6 is 11.3 Å². The molecule has 94 valence electrons. The molecule has 5 nitrogen and oxygen atoms in total. The Balaban J connectivity index is 2.03. The molecular weight excluding hydrogens is 252 g/mol. The first-order valence-electron chi connectivity index (χ1n) is 5.27. The zero-order chi connectivity index (χ0) is 13.0. The maximum atomic E-state index is 11.7. The zero-order valence-corrected chi connectivity index (χ0v) is 10.6. The minimum atomic E-state index is -0.247. The first-order valence-corrected chi connectivity index (χ1v) is 6.15. The number of benzene rings is 1. The number of thiazole rings is 1. The summed E-state index contributed by atoms with van der Waals surface area (Å²) in [5, 5.41) is 4.36. The molecule has 1 amide bonds. The van der Waals surface area contributed by atoms with E-state index in [1.54, 1.807) is 43.0 Å². The lowest BCUT2D eigenvalue weighted by atomic mass is 10.3. The number of methoxy groups -OCH3 is 1. The van der Waals surface area contributed by atoms with Crippen LogP contribution in [0.25, 0.3) is 0 Å². The van der Waals surface area contributed by atoms with Crippen molar-refractivity contribution < 1.29 is 9.53 Å². The van der Waals surface area contributed by atoms with Gasteiger partial charge >= 0.3 is 4.87 Å². The van der Waals surface area contributed by atoms with Gasteiger partial charge in [-0.3, -0.25) is 14.2 Å². The molecule has 2 aromatic rings. The largest absolute Gasteiger partial charge is 0.497 e. The van der Waals surface area contributed by atoms with Crippen LogP contribution in [-0.4, -0.2) is 17.6 Å². The van der Waals surface area contributed by atoms with Gasteiger partial charge < -0.3 is 10.1 Å². The minimum Gasteiger partial charge on any atom is -0.497 e. The number of ether oxygens (including phenoxy) is 1. The average Bonchev–Trinajstić information content (AvgIpc) is 2.75. The van der Waals surface area contributed by atoms with Gasteiger partial charge in [-0.05, 0) is 12.1 Å². The zero-order valence-electron chi connectivity index (χ0n) is 9.75. The van der Waals surface area contributed by atoms with Crippen LogP contribution < -0.4 is 14.9 Å². The number of carbonyl (C=O) groups excluding carboxylic acids is 1. The highest BCUT2D eigenvalue weighted by molar-refractivity contribution is 7.07. The second kappa shape index (κ2) is 5.50. The number of nitrogens with zero attached hydrogens (tertiary/aromatic N) is 1. The molecule has 18 heavy (non-hydrogen) atoms. The molecule has 0 fully saturated rings. The third kappa shape index (κ3) is 2.98. The van der Waals surface area contributed by atoms with Gasteiger partial charge in [0, 0.05) is 23.3 Å². The molecule has 0 aliphatic rings. The molecule has 0 atom stereocenters. The number of hydrogen-bond donors (Lipinski definition) is 1. The Bertz CT molecular complexity index is 603. The number of aromatic nitrogens is 1. The molecule has 0 saturated heterocycles. The van der Waals surface area contributed by atoms with Gasteiger partial charge in [0.15, 0.2) is 0 Å². The topological polar surface area (TPSA) is 60.3 Å². The van der Waals surface area contributed by atoms with E-state index in [0.717, 1.165) is 11.3 Å². The number of carbonyl (C=O) groups is 1. The summed E-state index contributed by atoms with van der Waals surface area (Å²) in [6.07, 6.45) is 1.60. The molecular formula is C12H12N2O3S. The summed E-state index contributed by atoms with van der Waals surface area (Å²) in [5.74, 6) is 0.421. The molecule has 1 aromatic carbocycles. The molecule has 6 heteroatoms. The van der Waals surface area contributed by atoms with E-state index in [0.29, 0.717) is 11.4 Å². The number of nitrogens with one attached hydrogen (secondary N) is 1. The normalized spacial score (nSPS) is 10.1. The van der Waals surface area contributed by atoms with Crippen molar-refractivity contribution in [2.24, 2.45) is 0 Å². The monoisotopic (exact) mass is 264 g/mol. The summed E-state index contributed by atoms with van der Waals surface area (Å²) >= 11 is 1.07. The summed E-state index contributed by atoms with van der Waals surface area (Å²) in [6.45, 7) is 0.0134. The molecule has 1 heterocycles. The van der Waals surface area contributed by atoms with Gasteiger partial charge in [-0.2, -0.15) is 0 Å². The number of amides is 1. The quantitative estimate of drug-likeness (QED) is 0.911. The van der Waals surface area contributed by atoms with E-state index in [1.807, 2.05) is 0 Å². The third-order valence-electron chi connectivity index (χ3n) is 2.31. The first kappa shape index (κ1) is 12.4. The van der Waals surface area contributed by atoms with E-state index in [1.165, 1.54) is 4.57 Å². The van der Waals surface area contributed by atoms with Gasteiger partial charge in [0.05, 0.1) is 7.11 Å². The van der Waals surface area contributed by atoms with E-state index in [-0.39, 0.29) is 17.3 Å². The Kier molecular flexibility index (Phi) is 3.78. The maximum absolute atomic E-state index is 11.7. The van der Waals surface area contributed by atoms with Crippen LogP contribution in [0.4, 0.5) is 5.69 Å². The molecule has 0 unspecified atom stereocenters. The van der Waals surface area contributed by atoms with Gasteiger partial charge in [0.25, 0.3) is 0 Å². The fourth-order valence-corrected chi connectivity index (χ4v) is 2.05. The van der Waals surface area contributed by atoms with Crippen LogP contribution in [0.2, 0.25) is 0 Å². The fourth-order valence-electron chi connectivity index (χ4n) is 1.46. The van der Waals surface area contributed by atoms with E-state index >= 15 is 0 Å². The Labute approximate surface area is 108 Å². The second-order valence-electron chi connectivity index (χ2n) is 3.58. The molecule has 1 aromatic heterocycles. The van der Waals surface area contributed by atoms with Crippen molar-refractivity contribution in [3.05, 3.63) is 45.5 Å². The van der Waals surface area contributed by atoms with E-state index in [2.05, 4.69) is 5.32 Å². The van der Waals surface area contributed by atoms with Gasteiger partial charge in [0.1, 0.15) is 12.3 Å². The van der Waals surface area contributed by atoms with Gasteiger partial charge in [-0.15, -0.1) is 0 Å². The van der Waals surface area contributed by atoms with Crippen molar-refractivity contribution in [1.82, 2.24) is 4.57 Å². The minimum absolute atomic E-state index is 0.0134. The van der Waals surface area contributed by atoms with Crippen molar-refractivity contribution in [2.75, 3.05) is 12.4 Å². The highest BCUT2D eigenvalue weighted by atomic mass is 32.1. The smallest absolute Gasteiger partial charge is 0.307 e. The fraction of sp³-hybridized carbons (Fsp3) is 0.167. The summed E-state index contributed by atoms with van der Waals surface area (Å²) in [5.41, 5.74) is 0.641. The number of rotatable bonds is 4. The van der Waals surface area contributed by atoms with E-state index in [9.17, 15) is 9.59 Å². The molecule has 0 radical (unpaired) electrons. The molecule has 2 rings (SSSR count). The lowest BCUT2D eigenvalue weighted by Crippen LogP contribution is -2.23. The first-order chi connectivity index (χ1) is 8.69. The lowest BCUT2D eigenvalue weighted by molar-refractivity contribution is -0.116. The summed E-state index contributed by atoms with van der Waals surface area (Å²) < 4.78 is 6.42. The average molecular weight is 264 g/mol. The molecule has 0 aliphatic heterocycles. The van der Waals surface area contributed by atoms with Crippen LogP contribution in [0.1, 0.15) is 0 Å². The van der Waals surface area contributed by atoms with Crippen molar-refractivity contribution in [1.29, 1.82) is 0 Å². The van der Waals surface area contributed by atoms with Gasteiger partial charge in [-0.1, -0.05) is 17.4 Å². The molecule has 1 N–H and O–H groups in total. The van der Waals surface area contributed by atoms with Gasteiger partial charge in [-0.25, -0.2) is 0 Å². The lowest BCUT2D eigenvalue weighted by Gasteiger charge is -2.07. The Morgan fingerprint density at radius 3 is 3.00 bits per heavy atom. The van der Waals surface area contributed by atoms with E-state index < -0.39 is 0 Å². The maximum Gasteiger partial charge on any atom is 0.307 e.